The van der Waals surface area contributed by atoms with E-state index >= 15 is 0 Å². The molecule has 0 aliphatic rings. The maximum Gasteiger partial charge on any atom is 0.332 e. The van der Waals surface area contributed by atoms with Crippen LogP contribution in [0.15, 0.2) is 103 Å². The molecule has 3 aromatic carbocycles. The molecule has 0 saturated carbocycles. The molecule has 0 aliphatic carbocycles. The maximum atomic E-state index is 12.9. The first-order valence-electron chi connectivity index (χ1n) is 9.20. The molecule has 0 radical (unpaired) electrons. The van der Waals surface area contributed by atoms with Gasteiger partial charge in [0.15, 0.2) is 5.54 Å². The van der Waals surface area contributed by atoms with Gasteiger partial charge in [-0.2, -0.15) is 0 Å². The van der Waals surface area contributed by atoms with E-state index in [0.717, 1.165) is 16.7 Å². The Morgan fingerprint density at radius 1 is 0.793 bits per heavy atom. The van der Waals surface area contributed by atoms with Crippen LogP contribution in [0.4, 0.5) is 0 Å². The van der Waals surface area contributed by atoms with Crippen molar-refractivity contribution in [1.82, 2.24) is 4.98 Å². The molecule has 29 heavy (non-hydrogen) atoms. The topological polar surface area (TPSA) is 76.2 Å². The highest BCUT2D eigenvalue weighted by molar-refractivity contribution is 7.09. The fourth-order valence-electron chi connectivity index (χ4n) is 4.08. The van der Waals surface area contributed by atoms with E-state index in [9.17, 15) is 9.90 Å². The second-order valence-corrected chi connectivity index (χ2v) is 7.69. The van der Waals surface area contributed by atoms with Gasteiger partial charge in [-0.05, 0) is 16.7 Å². The summed E-state index contributed by atoms with van der Waals surface area (Å²) in [5.74, 6) is -1.14. The lowest BCUT2D eigenvalue weighted by Gasteiger charge is -2.46. The van der Waals surface area contributed by atoms with Crippen molar-refractivity contribution in [2.45, 2.75) is 11.0 Å². The van der Waals surface area contributed by atoms with Gasteiger partial charge in [-0.1, -0.05) is 91.0 Å². The van der Waals surface area contributed by atoms with Crippen molar-refractivity contribution in [2.75, 3.05) is 0 Å². The molecule has 0 amide bonds. The average molecular weight is 401 g/mol. The molecule has 0 aliphatic heterocycles. The number of hydrogen-bond donors (Lipinski definition) is 2. The zero-order chi connectivity index (χ0) is 20.3. The monoisotopic (exact) mass is 400 g/mol. The van der Waals surface area contributed by atoms with Crippen LogP contribution in [-0.2, 0) is 15.7 Å². The third-order valence-corrected chi connectivity index (χ3v) is 6.23. The number of nitrogens with two attached hydrogens (primary N) is 1. The predicted molar refractivity (Wildman–Crippen MR) is 115 cm³/mol. The fourth-order valence-corrected chi connectivity index (χ4v) is 4.88. The third-order valence-electron chi connectivity index (χ3n) is 5.32. The Morgan fingerprint density at radius 2 is 1.21 bits per heavy atom. The van der Waals surface area contributed by atoms with E-state index in [-0.39, 0.29) is 0 Å². The van der Waals surface area contributed by atoms with Crippen LogP contribution in [0.5, 0.6) is 0 Å². The SMILES string of the molecule is NC(C(=O)O)(c1nccs1)C(c1ccccc1)(c1ccccc1)c1ccccc1. The van der Waals surface area contributed by atoms with E-state index in [0.29, 0.717) is 5.01 Å². The van der Waals surface area contributed by atoms with Crippen molar-refractivity contribution < 1.29 is 9.90 Å². The number of aliphatic carboxylic acids is 1. The van der Waals surface area contributed by atoms with E-state index < -0.39 is 16.9 Å². The molecular formula is C24H20N2O2S. The molecule has 144 valence electrons. The van der Waals surface area contributed by atoms with Crippen LogP contribution >= 0.6 is 11.3 Å². The van der Waals surface area contributed by atoms with Crippen LogP contribution in [-0.4, -0.2) is 16.1 Å². The second kappa shape index (κ2) is 7.62. The first-order valence-corrected chi connectivity index (χ1v) is 10.1. The number of aromatic nitrogens is 1. The minimum Gasteiger partial charge on any atom is -0.480 e. The normalized spacial score (nSPS) is 13.6. The molecule has 1 unspecified atom stereocenters. The van der Waals surface area contributed by atoms with Gasteiger partial charge in [0.2, 0.25) is 0 Å². The molecule has 4 nitrogen and oxygen atoms in total. The molecule has 0 saturated heterocycles. The van der Waals surface area contributed by atoms with Crippen LogP contribution < -0.4 is 5.73 Å². The smallest absolute Gasteiger partial charge is 0.332 e. The van der Waals surface area contributed by atoms with Gasteiger partial charge in [-0.25, -0.2) is 9.78 Å². The highest BCUT2D eigenvalue weighted by atomic mass is 32.1. The fraction of sp³-hybridized carbons (Fsp3) is 0.0833. The Balaban J connectivity index is 2.21. The summed E-state index contributed by atoms with van der Waals surface area (Å²) in [5.41, 5.74) is 6.28. The summed E-state index contributed by atoms with van der Waals surface area (Å²) in [6, 6.07) is 28.7. The highest BCUT2D eigenvalue weighted by Gasteiger charge is 2.60. The summed E-state index contributed by atoms with van der Waals surface area (Å²) in [7, 11) is 0. The number of rotatable bonds is 6. The van der Waals surface area contributed by atoms with Crippen LogP contribution in [0.1, 0.15) is 21.7 Å². The minimum atomic E-state index is -1.83. The third kappa shape index (κ3) is 2.87. The average Bonchev–Trinajstić information content (AvgIpc) is 3.32. The standard InChI is InChI=1S/C24H20N2O2S/c25-24(22(27)28,21-26-16-17-29-21)23(18-10-4-1-5-11-18,19-12-6-2-7-13-19)20-14-8-3-9-15-20/h1-17H,25H2,(H,27,28). The Morgan fingerprint density at radius 3 is 1.52 bits per heavy atom. The Labute approximate surface area is 173 Å². The number of hydrogen-bond acceptors (Lipinski definition) is 4. The molecule has 1 aromatic heterocycles. The first kappa shape index (κ1) is 19.1. The molecule has 4 rings (SSSR count). The van der Waals surface area contributed by atoms with Crippen LogP contribution in [0.2, 0.25) is 0 Å². The highest BCUT2D eigenvalue weighted by Crippen LogP contribution is 2.51. The molecule has 0 fully saturated rings. The van der Waals surface area contributed by atoms with E-state index in [1.807, 2.05) is 91.0 Å². The first-order chi connectivity index (χ1) is 14.1. The molecule has 4 aromatic rings. The quantitative estimate of drug-likeness (QED) is 0.470. The number of carboxylic acid groups (broad SMARTS) is 1. The number of benzene rings is 3. The van der Waals surface area contributed by atoms with Gasteiger partial charge in [0.1, 0.15) is 5.01 Å². The molecule has 5 heteroatoms. The van der Waals surface area contributed by atoms with Gasteiger partial charge in [-0.3, -0.25) is 0 Å². The van der Waals surface area contributed by atoms with Gasteiger partial charge in [0.25, 0.3) is 0 Å². The van der Waals surface area contributed by atoms with Crippen molar-refractivity contribution in [3.63, 3.8) is 0 Å². The Bertz CT molecular complexity index is 987. The van der Waals surface area contributed by atoms with Crippen LogP contribution in [0.3, 0.4) is 0 Å². The number of nitrogens with zero attached hydrogens (tertiary/aromatic N) is 1. The van der Waals surface area contributed by atoms with E-state index in [2.05, 4.69) is 4.98 Å². The van der Waals surface area contributed by atoms with E-state index in [1.54, 1.807) is 11.6 Å². The van der Waals surface area contributed by atoms with Crippen molar-refractivity contribution in [3.8, 4) is 0 Å². The number of thiazole rings is 1. The zero-order valence-electron chi connectivity index (χ0n) is 15.6. The van der Waals surface area contributed by atoms with Crippen LogP contribution in [0, 0.1) is 0 Å². The summed E-state index contributed by atoms with van der Waals surface area (Å²) < 4.78 is 0. The summed E-state index contributed by atoms with van der Waals surface area (Å²) in [6.07, 6.45) is 1.59. The summed E-state index contributed by atoms with van der Waals surface area (Å²) in [6.45, 7) is 0. The van der Waals surface area contributed by atoms with Gasteiger partial charge < -0.3 is 10.8 Å². The van der Waals surface area contributed by atoms with Crippen molar-refractivity contribution in [1.29, 1.82) is 0 Å². The molecule has 1 atom stereocenters. The van der Waals surface area contributed by atoms with Crippen LogP contribution in [0.25, 0.3) is 0 Å². The minimum absolute atomic E-state index is 0.349. The Hall–Kier alpha value is -3.28. The molecular weight excluding hydrogens is 380 g/mol. The molecule has 0 bridgehead atoms. The lowest BCUT2D eigenvalue weighted by molar-refractivity contribution is -0.145. The van der Waals surface area contributed by atoms with Gasteiger partial charge >= 0.3 is 5.97 Å². The van der Waals surface area contributed by atoms with E-state index in [4.69, 9.17) is 5.73 Å². The van der Waals surface area contributed by atoms with Crippen molar-refractivity contribution in [3.05, 3.63) is 124 Å². The lowest BCUT2D eigenvalue weighted by Crippen LogP contribution is -2.62. The van der Waals surface area contributed by atoms with E-state index in [1.165, 1.54) is 11.3 Å². The molecule has 3 N–H and O–H groups in total. The van der Waals surface area contributed by atoms with Gasteiger partial charge in [0, 0.05) is 11.6 Å². The predicted octanol–water partition coefficient (Wildman–Crippen LogP) is 4.42. The summed E-state index contributed by atoms with van der Waals surface area (Å²) in [4.78, 5) is 17.3. The van der Waals surface area contributed by atoms with Crippen molar-refractivity contribution >= 4 is 17.3 Å². The molecule has 0 spiro atoms. The Kier molecular flexibility index (Phi) is 5.01. The number of carbonyl (C=O) groups is 1. The summed E-state index contributed by atoms with van der Waals surface area (Å²) in [5, 5.41) is 12.7. The zero-order valence-corrected chi connectivity index (χ0v) is 16.4. The maximum absolute atomic E-state index is 12.9. The largest absolute Gasteiger partial charge is 0.480 e. The number of carboxylic acids is 1. The molecule has 1 heterocycles. The lowest BCUT2D eigenvalue weighted by atomic mass is 9.58. The van der Waals surface area contributed by atoms with Crippen molar-refractivity contribution in [2.24, 2.45) is 5.73 Å². The van der Waals surface area contributed by atoms with Gasteiger partial charge in [0.05, 0.1) is 5.41 Å². The summed E-state index contributed by atoms with van der Waals surface area (Å²) >= 11 is 1.25. The van der Waals surface area contributed by atoms with Gasteiger partial charge in [-0.15, -0.1) is 11.3 Å². The second-order valence-electron chi connectivity index (χ2n) is 6.80.